The molecule has 1 heterocycles. The Morgan fingerprint density at radius 2 is 1.85 bits per heavy atom. The summed E-state index contributed by atoms with van der Waals surface area (Å²) in [7, 11) is 0. The maximum Gasteiger partial charge on any atom is 0.258 e. The lowest BCUT2D eigenvalue weighted by Crippen LogP contribution is -2.23. The largest absolute Gasteiger partial charge is 0.354 e. The molecule has 4 nitrogen and oxygen atoms in total. The Morgan fingerprint density at radius 3 is 2.58 bits per heavy atom. The second-order valence-corrected chi connectivity index (χ2v) is 7.21. The minimum atomic E-state index is -2.70. The van der Waals surface area contributed by atoms with Crippen LogP contribution in [-0.4, -0.2) is 16.8 Å². The highest BCUT2D eigenvalue weighted by Gasteiger charge is 2.80. The Morgan fingerprint density at radius 1 is 1.12 bits per heavy atom. The van der Waals surface area contributed by atoms with Gasteiger partial charge in [0.05, 0.1) is 16.8 Å². The molecule has 2 atom stereocenters. The van der Waals surface area contributed by atoms with Crippen molar-refractivity contribution < 1.29 is 13.6 Å². The van der Waals surface area contributed by atoms with Gasteiger partial charge in [0, 0.05) is 30.4 Å². The van der Waals surface area contributed by atoms with Gasteiger partial charge in [0.2, 0.25) is 5.91 Å². The molecule has 1 amide bonds. The lowest BCUT2D eigenvalue weighted by Gasteiger charge is -2.20. The van der Waals surface area contributed by atoms with E-state index in [1.807, 2.05) is 24.3 Å². The molecule has 0 bridgehead atoms. The fourth-order valence-corrected chi connectivity index (χ4v) is 4.28. The third-order valence-electron chi connectivity index (χ3n) is 5.69. The summed E-state index contributed by atoms with van der Waals surface area (Å²) in [5.41, 5.74) is 1.01. The molecule has 2 saturated carbocycles. The number of para-hydroxylation sites is 2. The number of carbonyl (C=O) groups excluding carboxylic acids is 1. The van der Waals surface area contributed by atoms with Gasteiger partial charge in [0.25, 0.3) is 5.92 Å². The number of halogens is 2. The number of anilines is 3. The lowest BCUT2D eigenvalue weighted by molar-refractivity contribution is -0.118. The molecule has 0 radical (unpaired) electrons. The molecule has 2 fully saturated rings. The number of hydrogen-bond acceptors (Lipinski definition) is 3. The number of nitrogens with zero attached hydrogens (tertiary/aromatic N) is 1. The number of nitrogens with one attached hydrogen (secondary N) is 2. The van der Waals surface area contributed by atoms with Crippen molar-refractivity contribution in [1.29, 1.82) is 0 Å². The van der Waals surface area contributed by atoms with E-state index in [1.54, 1.807) is 24.5 Å². The molecule has 4 rings (SSSR count). The summed E-state index contributed by atoms with van der Waals surface area (Å²) in [4.78, 5) is 16.5. The van der Waals surface area contributed by atoms with Crippen LogP contribution in [0.25, 0.3) is 0 Å². The Labute approximate surface area is 151 Å². The van der Waals surface area contributed by atoms with Crippen LogP contribution in [0.2, 0.25) is 0 Å². The zero-order valence-electron chi connectivity index (χ0n) is 14.3. The van der Waals surface area contributed by atoms with E-state index in [2.05, 4.69) is 15.6 Å². The molecule has 0 spiro atoms. The first kappa shape index (κ1) is 16.9. The number of fused-ring (bicyclic) bond motifs is 1. The molecular weight excluding hydrogens is 336 g/mol. The van der Waals surface area contributed by atoms with Crippen LogP contribution in [0, 0.1) is 11.3 Å². The average Bonchev–Trinajstić information content (AvgIpc) is 3.12. The summed E-state index contributed by atoms with van der Waals surface area (Å²) < 4.78 is 28.4. The molecule has 2 N–H and O–H groups in total. The van der Waals surface area contributed by atoms with Gasteiger partial charge in [-0.25, -0.2) is 8.78 Å². The molecule has 2 aliphatic rings. The Bertz CT molecular complexity index is 812. The van der Waals surface area contributed by atoms with E-state index in [0.717, 1.165) is 18.5 Å². The predicted octanol–water partition coefficient (Wildman–Crippen LogP) is 4.98. The highest BCUT2D eigenvalue weighted by atomic mass is 19.3. The van der Waals surface area contributed by atoms with E-state index in [0.29, 0.717) is 24.2 Å². The van der Waals surface area contributed by atoms with Crippen LogP contribution in [0.5, 0.6) is 0 Å². The zero-order chi connectivity index (χ0) is 18.2. The molecule has 6 heteroatoms. The Kier molecular flexibility index (Phi) is 4.13. The maximum atomic E-state index is 14.2. The minimum Gasteiger partial charge on any atom is -0.354 e. The molecule has 2 aromatic rings. The van der Waals surface area contributed by atoms with Gasteiger partial charge in [-0.1, -0.05) is 25.0 Å². The average molecular weight is 357 g/mol. The van der Waals surface area contributed by atoms with Gasteiger partial charge < -0.3 is 10.6 Å². The summed E-state index contributed by atoms with van der Waals surface area (Å²) in [6.45, 7) is 0. The van der Waals surface area contributed by atoms with Crippen molar-refractivity contribution in [1.82, 2.24) is 4.98 Å². The predicted molar refractivity (Wildman–Crippen MR) is 96.5 cm³/mol. The van der Waals surface area contributed by atoms with E-state index >= 15 is 0 Å². The van der Waals surface area contributed by atoms with Gasteiger partial charge in [-0.05, 0) is 37.1 Å². The smallest absolute Gasteiger partial charge is 0.258 e. The maximum absolute atomic E-state index is 14.2. The van der Waals surface area contributed by atoms with Crippen LogP contribution in [0.1, 0.15) is 32.1 Å². The van der Waals surface area contributed by atoms with Crippen molar-refractivity contribution in [3.8, 4) is 0 Å². The van der Waals surface area contributed by atoms with Crippen molar-refractivity contribution in [3.05, 3.63) is 48.8 Å². The van der Waals surface area contributed by atoms with Crippen LogP contribution in [0.4, 0.5) is 25.8 Å². The first-order valence-electron chi connectivity index (χ1n) is 8.97. The van der Waals surface area contributed by atoms with Gasteiger partial charge in [-0.2, -0.15) is 0 Å². The van der Waals surface area contributed by atoms with Gasteiger partial charge in [0.1, 0.15) is 0 Å². The highest BCUT2D eigenvalue weighted by molar-refractivity contribution is 5.95. The van der Waals surface area contributed by atoms with Crippen LogP contribution < -0.4 is 10.6 Å². The van der Waals surface area contributed by atoms with Crippen molar-refractivity contribution in [2.45, 2.75) is 38.0 Å². The number of benzene rings is 1. The van der Waals surface area contributed by atoms with Crippen molar-refractivity contribution in [2.75, 3.05) is 10.6 Å². The van der Waals surface area contributed by atoms with E-state index in [4.69, 9.17) is 0 Å². The summed E-state index contributed by atoms with van der Waals surface area (Å²) in [6, 6.07) is 10.9. The van der Waals surface area contributed by atoms with Crippen molar-refractivity contribution in [3.63, 3.8) is 0 Å². The van der Waals surface area contributed by atoms with Gasteiger partial charge >= 0.3 is 0 Å². The molecule has 2 unspecified atom stereocenters. The first-order valence-corrected chi connectivity index (χ1v) is 8.97. The van der Waals surface area contributed by atoms with Crippen LogP contribution in [0.15, 0.2) is 48.8 Å². The molecule has 0 saturated heterocycles. The molecular formula is C20H21F2N3O. The summed E-state index contributed by atoms with van der Waals surface area (Å²) >= 11 is 0. The van der Waals surface area contributed by atoms with Crippen LogP contribution >= 0.6 is 0 Å². The third-order valence-corrected chi connectivity index (χ3v) is 5.69. The van der Waals surface area contributed by atoms with E-state index in [9.17, 15) is 13.6 Å². The number of alkyl halides is 2. The summed E-state index contributed by atoms with van der Waals surface area (Å²) in [6.07, 6.45) is 5.80. The van der Waals surface area contributed by atoms with Gasteiger partial charge in [0.15, 0.2) is 0 Å². The Hall–Kier alpha value is -2.50. The number of rotatable bonds is 5. The van der Waals surface area contributed by atoms with Crippen molar-refractivity contribution in [2.24, 2.45) is 11.3 Å². The molecule has 26 heavy (non-hydrogen) atoms. The molecule has 1 aromatic carbocycles. The number of aromatic nitrogens is 1. The molecule has 0 aliphatic heterocycles. The standard InChI is InChI=1S/C20H21F2N3O/c21-20(22)17-7-3-4-10-19(17,20)13-18(26)25-16-6-2-1-5-15(16)24-14-8-11-23-12-9-14/h1-2,5-6,8-9,11-12,17H,3-4,7,10,13H2,(H,23,24)(H,25,26). The van der Waals surface area contributed by atoms with Crippen LogP contribution in [0.3, 0.4) is 0 Å². The summed E-state index contributed by atoms with van der Waals surface area (Å²) in [5.74, 6) is -3.67. The number of amides is 1. The van der Waals surface area contributed by atoms with E-state index in [1.165, 1.54) is 0 Å². The number of hydrogen-bond donors (Lipinski definition) is 2. The normalized spacial score (nSPS) is 25.8. The first-order chi connectivity index (χ1) is 12.5. The fraction of sp³-hybridized carbons (Fsp3) is 0.400. The highest BCUT2D eigenvalue weighted by Crippen LogP contribution is 2.73. The van der Waals surface area contributed by atoms with Crippen molar-refractivity contribution >= 4 is 23.0 Å². The van der Waals surface area contributed by atoms with E-state index < -0.39 is 17.3 Å². The quantitative estimate of drug-likeness (QED) is 0.793. The molecule has 1 aromatic heterocycles. The lowest BCUT2D eigenvalue weighted by atomic mass is 9.85. The second-order valence-electron chi connectivity index (χ2n) is 7.21. The summed E-state index contributed by atoms with van der Waals surface area (Å²) in [5, 5.41) is 6.03. The van der Waals surface area contributed by atoms with Gasteiger partial charge in [-0.3, -0.25) is 9.78 Å². The van der Waals surface area contributed by atoms with E-state index in [-0.39, 0.29) is 12.3 Å². The molecule has 2 aliphatic carbocycles. The SMILES string of the molecule is O=C(CC12CCCCC1C2(F)F)Nc1ccccc1Nc1ccncc1. The third kappa shape index (κ3) is 2.83. The number of pyridine rings is 1. The topological polar surface area (TPSA) is 54.0 Å². The minimum absolute atomic E-state index is 0.117. The number of carbonyl (C=O) groups is 1. The zero-order valence-corrected chi connectivity index (χ0v) is 14.3. The fourth-order valence-electron chi connectivity index (χ4n) is 4.28. The monoisotopic (exact) mass is 357 g/mol. The van der Waals surface area contributed by atoms with Crippen LogP contribution in [-0.2, 0) is 4.79 Å². The second kappa shape index (κ2) is 6.34. The Balaban J connectivity index is 1.47. The van der Waals surface area contributed by atoms with Gasteiger partial charge in [-0.15, -0.1) is 0 Å². The molecule has 136 valence electrons.